The number of nitrogens with zero attached hydrogens (tertiary/aromatic N) is 5. The first-order chi connectivity index (χ1) is 14.6. The Morgan fingerprint density at radius 2 is 1.77 bits per heavy atom. The van der Waals surface area contributed by atoms with Gasteiger partial charge in [0.1, 0.15) is 0 Å². The molecule has 2 fully saturated rings. The van der Waals surface area contributed by atoms with Gasteiger partial charge < -0.3 is 19.7 Å². The normalized spacial score (nSPS) is 18.6. The van der Waals surface area contributed by atoms with E-state index in [1.807, 2.05) is 31.1 Å². The molecule has 2 saturated heterocycles. The summed E-state index contributed by atoms with van der Waals surface area (Å²) >= 11 is 0. The molecule has 1 aromatic heterocycles. The highest BCUT2D eigenvalue weighted by atomic mass is 127. The predicted molar refractivity (Wildman–Crippen MR) is 135 cm³/mol. The Morgan fingerprint density at radius 3 is 2.42 bits per heavy atom. The lowest BCUT2D eigenvalue weighted by molar-refractivity contribution is -0.135. The molecule has 1 N–H and O–H groups in total. The quantitative estimate of drug-likeness (QED) is 0.244. The maximum atomic E-state index is 12.7. The van der Waals surface area contributed by atoms with E-state index in [1.165, 1.54) is 0 Å². The lowest BCUT2D eigenvalue weighted by Crippen LogP contribution is -2.57. The van der Waals surface area contributed by atoms with Crippen molar-refractivity contribution in [3.63, 3.8) is 0 Å². The number of pyridine rings is 1. The van der Waals surface area contributed by atoms with Crippen LogP contribution in [0.3, 0.4) is 0 Å². The number of unbranched alkanes of at least 4 members (excludes halogenated alkanes) is 1. The zero-order valence-corrected chi connectivity index (χ0v) is 21.2. The van der Waals surface area contributed by atoms with Gasteiger partial charge in [0.15, 0.2) is 5.96 Å². The molecule has 1 amide bonds. The van der Waals surface area contributed by atoms with Gasteiger partial charge in [-0.1, -0.05) is 6.07 Å². The van der Waals surface area contributed by atoms with Crippen molar-refractivity contribution >= 4 is 35.8 Å². The van der Waals surface area contributed by atoms with Crippen LogP contribution < -0.4 is 10.9 Å². The minimum Gasteiger partial charge on any atom is -0.356 e. The zero-order chi connectivity index (χ0) is 21.3. The van der Waals surface area contributed by atoms with Gasteiger partial charge in [-0.25, -0.2) is 0 Å². The fourth-order valence-corrected chi connectivity index (χ4v) is 4.26. The molecule has 0 radical (unpaired) electrons. The SMILES string of the molecule is CN=C(NCCCCn1ccccc1=O)N1CCN(C(C)C(=O)N2CCCC2)CC1.I. The van der Waals surface area contributed by atoms with Crippen LogP contribution in [0.5, 0.6) is 0 Å². The van der Waals surface area contributed by atoms with Crippen molar-refractivity contribution in [2.75, 3.05) is 52.9 Å². The third-order valence-corrected chi connectivity index (χ3v) is 6.16. The monoisotopic (exact) mass is 544 g/mol. The average Bonchev–Trinajstić information content (AvgIpc) is 3.31. The molecule has 0 aliphatic carbocycles. The van der Waals surface area contributed by atoms with Crippen LogP contribution >= 0.6 is 24.0 Å². The Bertz CT molecular complexity index is 769. The van der Waals surface area contributed by atoms with Crippen LogP contribution in [0.1, 0.15) is 32.6 Å². The van der Waals surface area contributed by atoms with E-state index >= 15 is 0 Å². The number of hydrogen-bond donors (Lipinski definition) is 1. The molecule has 0 bridgehead atoms. The number of nitrogens with one attached hydrogen (secondary N) is 1. The highest BCUT2D eigenvalue weighted by Gasteiger charge is 2.30. The van der Waals surface area contributed by atoms with Gasteiger partial charge in [0.25, 0.3) is 0 Å². The summed E-state index contributed by atoms with van der Waals surface area (Å²) in [5, 5.41) is 3.45. The van der Waals surface area contributed by atoms with Crippen molar-refractivity contribution in [2.24, 2.45) is 4.99 Å². The third-order valence-electron chi connectivity index (χ3n) is 6.16. The van der Waals surface area contributed by atoms with Gasteiger partial charge in [0, 0.05) is 71.7 Å². The minimum atomic E-state index is -0.0402. The van der Waals surface area contributed by atoms with Crippen LogP contribution in [0.25, 0.3) is 0 Å². The van der Waals surface area contributed by atoms with E-state index < -0.39 is 0 Å². The molecule has 174 valence electrons. The number of halogens is 1. The molecule has 1 atom stereocenters. The van der Waals surface area contributed by atoms with E-state index in [1.54, 1.807) is 16.7 Å². The number of rotatable bonds is 7. The van der Waals surface area contributed by atoms with E-state index in [4.69, 9.17) is 0 Å². The number of carbonyl (C=O) groups excluding carboxylic acids is 1. The van der Waals surface area contributed by atoms with E-state index in [0.717, 1.165) is 84.0 Å². The van der Waals surface area contributed by atoms with Crippen molar-refractivity contribution < 1.29 is 4.79 Å². The number of piperazine rings is 1. The van der Waals surface area contributed by atoms with Gasteiger partial charge >= 0.3 is 0 Å². The molecule has 8 nitrogen and oxygen atoms in total. The zero-order valence-electron chi connectivity index (χ0n) is 18.8. The van der Waals surface area contributed by atoms with Crippen LogP contribution in [0, 0.1) is 0 Å². The molecule has 31 heavy (non-hydrogen) atoms. The molecule has 2 aliphatic rings. The molecule has 0 aromatic carbocycles. The highest BCUT2D eigenvalue weighted by molar-refractivity contribution is 14.0. The molecule has 9 heteroatoms. The van der Waals surface area contributed by atoms with Gasteiger partial charge in [-0.15, -0.1) is 24.0 Å². The number of guanidine groups is 1. The maximum Gasteiger partial charge on any atom is 0.250 e. The molecular weight excluding hydrogens is 507 g/mol. The fourth-order valence-electron chi connectivity index (χ4n) is 4.26. The average molecular weight is 544 g/mol. The maximum absolute atomic E-state index is 12.7. The van der Waals surface area contributed by atoms with Gasteiger partial charge in [0.2, 0.25) is 11.5 Å². The number of amides is 1. The lowest BCUT2D eigenvalue weighted by atomic mass is 10.2. The first kappa shape index (κ1) is 25.6. The molecule has 2 aliphatic heterocycles. The van der Waals surface area contributed by atoms with Crippen molar-refractivity contribution in [1.29, 1.82) is 0 Å². The summed E-state index contributed by atoms with van der Waals surface area (Å²) in [5.41, 5.74) is 0.0524. The van der Waals surface area contributed by atoms with E-state index in [-0.39, 0.29) is 41.5 Å². The Morgan fingerprint density at radius 1 is 1.06 bits per heavy atom. The second-order valence-electron chi connectivity index (χ2n) is 8.14. The Kier molecular flexibility index (Phi) is 10.8. The van der Waals surface area contributed by atoms with Crippen molar-refractivity contribution in [3.8, 4) is 0 Å². The van der Waals surface area contributed by atoms with Gasteiger partial charge in [0.05, 0.1) is 6.04 Å². The number of hydrogen-bond acceptors (Lipinski definition) is 4. The lowest BCUT2D eigenvalue weighted by Gasteiger charge is -2.39. The summed E-state index contributed by atoms with van der Waals surface area (Å²) in [6.45, 7) is 8.93. The summed E-state index contributed by atoms with van der Waals surface area (Å²) in [5.74, 6) is 1.20. The second kappa shape index (κ2) is 13.0. The number of aliphatic imine (C=N–C) groups is 1. The highest BCUT2D eigenvalue weighted by Crippen LogP contribution is 2.14. The van der Waals surface area contributed by atoms with Gasteiger partial charge in [-0.05, 0) is 38.7 Å². The number of aryl methyl sites for hydroxylation is 1. The molecule has 3 rings (SSSR count). The topological polar surface area (TPSA) is 73.2 Å². The van der Waals surface area contributed by atoms with Gasteiger partial charge in [-0.2, -0.15) is 0 Å². The van der Waals surface area contributed by atoms with Crippen molar-refractivity contribution in [1.82, 2.24) is 24.6 Å². The fraction of sp³-hybridized carbons (Fsp3) is 0.682. The minimum absolute atomic E-state index is 0. The van der Waals surface area contributed by atoms with E-state index in [0.29, 0.717) is 0 Å². The molecule has 1 unspecified atom stereocenters. The van der Waals surface area contributed by atoms with Gasteiger partial charge in [-0.3, -0.25) is 19.5 Å². The van der Waals surface area contributed by atoms with Crippen molar-refractivity contribution in [2.45, 2.75) is 45.2 Å². The molecule has 3 heterocycles. The van der Waals surface area contributed by atoms with Crippen LogP contribution in [0.4, 0.5) is 0 Å². The molecule has 0 saturated carbocycles. The predicted octanol–water partition coefficient (Wildman–Crippen LogP) is 1.45. The van der Waals surface area contributed by atoms with Crippen LogP contribution in [0.2, 0.25) is 0 Å². The first-order valence-corrected chi connectivity index (χ1v) is 11.2. The van der Waals surface area contributed by atoms with Crippen LogP contribution in [-0.2, 0) is 11.3 Å². The standard InChI is InChI=1S/C22H36N6O2.HI/c1-19(21(30)27-13-7-8-14-27)25-15-17-28(18-16-25)22(23-2)24-10-4-6-12-26-11-5-3-9-20(26)29;/h3,5,9,11,19H,4,6-8,10,12-18H2,1-2H3,(H,23,24);1H. The van der Waals surface area contributed by atoms with Crippen molar-refractivity contribution in [3.05, 3.63) is 34.7 Å². The van der Waals surface area contributed by atoms with E-state index in [9.17, 15) is 9.59 Å². The molecule has 0 spiro atoms. The first-order valence-electron chi connectivity index (χ1n) is 11.2. The summed E-state index contributed by atoms with van der Waals surface area (Å²) in [6.07, 6.45) is 6.02. The molecule has 1 aromatic rings. The Labute approximate surface area is 202 Å². The third kappa shape index (κ3) is 7.20. The number of aromatic nitrogens is 1. The van der Waals surface area contributed by atoms with Crippen LogP contribution in [-0.4, -0.2) is 90.0 Å². The smallest absolute Gasteiger partial charge is 0.250 e. The largest absolute Gasteiger partial charge is 0.356 e. The Hall–Kier alpha value is -1.62. The number of likely N-dealkylation sites (tertiary alicyclic amines) is 1. The summed E-state index contributed by atoms with van der Waals surface area (Å²) in [6, 6.07) is 5.22. The summed E-state index contributed by atoms with van der Waals surface area (Å²) < 4.78 is 1.75. The number of carbonyl (C=O) groups is 1. The molecular formula is C22H37IN6O2. The van der Waals surface area contributed by atoms with Crippen LogP contribution in [0.15, 0.2) is 34.2 Å². The van der Waals surface area contributed by atoms with E-state index in [2.05, 4.69) is 20.1 Å². The Balaban J connectivity index is 0.00000341. The summed E-state index contributed by atoms with van der Waals surface area (Å²) in [7, 11) is 1.82. The summed E-state index contributed by atoms with van der Waals surface area (Å²) in [4.78, 5) is 35.4. The second-order valence-corrected chi connectivity index (χ2v) is 8.14.